The van der Waals surface area contributed by atoms with Gasteiger partial charge in [0.15, 0.2) is 0 Å². The van der Waals surface area contributed by atoms with Crippen LogP contribution < -0.4 is 4.90 Å². The first-order valence-electron chi connectivity index (χ1n) is 3.32. The predicted molar refractivity (Wildman–Crippen MR) is 43.3 cm³/mol. The normalized spacial score (nSPS) is 9.18. The van der Waals surface area contributed by atoms with E-state index in [1.807, 2.05) is 24.9 Å². The molecule has 0 amide bonds. The minimum absolute atomic E-state index is 0.536. The molecule has 11 heavy (non-hydrogen) atoms. The average Bonchev–Trinajstić information content (AvgIpc) is 2.36. The molecule has 58 valence electrons. The molecule has 0 fully saturated rings. The van der Waals surface area contributed by atoms with Crippen LogP contribution >= 0.6 is 0 Å². The number of terminal acetylenes is 1. The Hall–Kier alpha value is -1.43. The largest absolute Gasteiger partial charge is 0.338 e. The molecule has 3 heteroatoms. The van der Waals surface area contributed by atoms with E-state index in [1.54, 1.807) is 0 Å². The number of rotatable bonds is 2. The maximum absolute atomic E-state index is 5.12. The third-order valence-electron chi connectivity index (χ3n) is 1.32. The molecule has 1 rings (SSSR count). The van der Waals surface area contributed by atoms with Crippen molar-refractivity contribution in [2.75, 3.05) is 18.5 Å². The van der Waals surface area contributed by atoms with Gasteiger partial charge in [0.1, 0.15) is 0 Å². The summed E-state index contributed by atoms with van der Waals surface area (Å²) in [6, 6.07) is 1.84. The Bertz CT molecular complexity index is 272. The van der Waals surface area contributed by atoms with E-state index >= 15 is 0 Å². The minimum Gasteiger partial charge on any atom is -0.338 e. The van der Waals surface area contributed by atoms with Crippen LogP contribution in [0.15, 0.2) is 10.6 Å². The molecular formula is C8H10N2O. The summed E-state index contributed by atoms with van der Waals surface area (Å²) >= 11 is 0. The molecule has 0 unspecified atom stereocenters. The van der Waals surface area contributed by atoms with Gasteiger partial charge in [-0.15, -0.1) is 6.42 Å². The lowest BCUT2D eigenvalue weighted by atomic mass is 10.4. The first-order valence-corrected chi connectivity index (χ1v) is 3.32. The summed E-state index contributed by atoms with van der Waals surface area (Å²) in [6.07, 6.45) is 5.12. The number of aromatic nitrogens is 1. The molecule has 0 aliphatic heterocycles. The molecule has 0 aromatic carbocycles. The van der Waals surface area contributed by atoms with Crippen molar-refractivity contribution in [1.29, 1.82) is 0 Å². The minimum atomic E-state index is 0.536. The monoisotopic (exact) mass is 150 g/mol. The summed E-state index contributed by atoms with van der Waals surface area (Å²) in [5.74, 6) is 3.22. The van der Waals surface area contributed by atoms with Crippen molar-refractivity contribution in [2.24, 2.45) is 0 Å². The van der Waals surface area contributed by atoms with Crippen LogP contribution in [0.5, 0.6) is 0 Å². The number of hydrogen-bond donors (Lipinski definition) is 0. The van der Waals surface area contributed by atoms with E-state index in [4.69, 9.17) is 10.9 Å². The van der Waals surface area contributed by atoms with Gasteiger partial charge in [0.05, 0.1) is 12.2 Å². The molecule has 0 saturated carbocycles. The van der Waals surface area contributed by atoms with Gasteiger partial charge in [-0.3, -0.25) is 0 Å². The van der Waals surface area contributed by atoms with Crippen LogP contribution in [0.25, 0.3) is 0 Å². The molecule has 1 heterocycles. The van der Waals surface area contributed by atoms with Gasteiger partial charge in [0.2, 0.25) is 5.88 Å². The number of nitrogens with zero attached hydrogens (tertiary/aromatic N) is 2. The zero-order valence-corrected chi connectivity index (χ0v) is 6.66. The molecular weight excluding hydrogens is 140 g/mol. The van der Waals surface area contributed by atoms with Crippen molar-refractivity contribution in [3.05, 3.63) is 11.8 Å². The van der Waals surface area contributed by atoms with E-state index in [0.29, 0.717) is 12.4 Å². The van der Waals surface area contributed by atoms with Gasteiger partial charge in [-0.2, -0.15) is 0 Å². The Morgan fingerprint density at radius 2 is 2.55 bits per heavy atom. The molecule has 1 aromatic rings. The maximum atomic E-state index is 5.12. The lowest BCUT2D eigenvalue weighted by Gasteiger charge is -2.09. The summed E-state index contributed by atoms with van der Waals surface area (Å²) in [4.78, 5) is 1.82. The zero-order chi connectivity index (χ0) is 8.27. The van der Waals surface area contributed by atoms with Crippen LogP contribution in [0.1, 0.15) is 5.69 Å². The SMILES string of the molecule is C#CCN(C)c1cc(C)no1. The Kier molecular flexibility index (Phi) is 2.17. The van der Waals surface area contributed by atoms with Gasteiger partial charge in [-0.25, -0.2) is 0 Å². The number of hydrogen-bond acceptors (Lipinski definition) is 3. The van der Waals surface area contributed by atoms with Gasteiger partial charge in [0.25, 0.3) is 0 Å². The Labute approximate surface area is 66.0 Å². The van der Waals surface area contributed by atoms with E-state index in [0.717, 1.165) is 5.69 Å². The fraction of sp³-hybridized carbons (Fsp3) is 0.375. The van der Waals surface area contributed by atoms with E-state index < -0.39 is 0 Å². The Morgan fingerprint density at radius 3 is 3.00 bits per heavy atom. The topological polar surface area (TPSA) is 29.3 Å². The highest BCUT2D eigenvalue weighted by atomic mass is 16.5. The lowest BCUT2D eigenvalue weighted by Crippen LogP contribution is -2.15. The number of aryl methyl sites for hydroxylation is 1. The van der Waals surface area contributed by atoms with Crippen LogP contribution in [0, 0.1) is 19.3 Å². The van der Waals surface area contributed by atoms with Crippen molar-refractivity contribution in [3.63, 3.8) is 0 Å². The third-order valence-corrected chi connectivity index (χ3v) is 1.32. The van der Waals surface area contributed by atoms with Crippen LogP contribution in [-0.2, 0) is 0 Å². The van der Waals surface area contributed by atoms with Gasteiger partial charge < -0.3 is 9.42 Å². The Balaban J connectivity index is 2.70. The fourth-order valence-corrected chi connectivity index (χ4v) is 0.745. The summed E-state index contributed by atoms with van der Waals surface area (Å²) in [6.45, 7) is 2.41. The van der Waals surface area contributed by atoms with Crippen LogP contribution in [0.3, 0.4) is 0 Å². The predicted octanol–water partition coefficient (Wildman–Crippen LogP) is 1.05. The summed E-state index contributed by atoms with van der Waals surface area (Å²) in [7, 11) is 1.86. The van der Waals surface area contributed by atoms with E-state index in [9.17, 15) is 0 Å². The molecule has 0 spiro atoms. The molecule has 0 aliphatic carbocycles. The summed E-state index contributed by atoms with van der Waals surface area (Å²) in [5.41, 5.74) is 0.865. The third kappa shape index (κ3) is 1.74. The fourth-order valence-electron chi connectivity index (χ4n) is 0.745. The van der Waals surface area contributed by atoms with E-state index in [2.05, 4.69) is 11.1 Å². The first-order chi connectivity index (χ1) is 5.24. The zero-order valence-electron chi connectivity index (χ0n) is 6.66. The second-order valence-corrected chi connectivity index (χ2v) is 2.37. The molecule has 1 aromatic heterocycles. The number of anilines is 1. The van der Waals surface area contributed by atoms with Crippen LogP contribution in [0.4, 0.5) is 5.88 Å². The standard InChI is InChI=1S/C8H10N2O/c1-4-5-10(3)8-6-7(2)9-11-8/h1,6H,5H2,2-3H3. The smallest absolute Gasteiger partial charge is 0.227 e. The second-order valence-electron chi connectivity index (χ2n) is 2.37. The van der Waals surface area contributed by atoms with Gasteiger partial charge >= 0.3 is 0 Å². The maximum Gasteiger partial charge on any atom is 0.227 e. The van der Waals surface area contributed by atoms with Crippen molar-refractivity contribution in [1.82, 2.24) is 5.16 Å². The highest BCUT2D eigenvalue weighted by molar-refractivity contribution is 5.35. The molecule has 0 atom stereocenters. The first kappa shape index (κ1) is 7.67. The van der Waals surface area contributed by atoms with Crippen LogP contribution in [0.2, 0.25) is 0 Å². The average molecular weight is 150 g/mol. The van der Waals surface area contributed by atoms with Crippen molar-refractivity contribution >= 4 is 5.88 Å². The molecule has 3 nitrogen and oxygen atoms in total. The van der Waals surface area contributed by atoms with Gasteiger partial charge in [0, 0.05) is 13.1 Å². The lowest BCUT2D eigenvalue weighted by molar-refractivity contribution is 0.417. The molecule has 0 aliphatic rings. The summed E-state index contributed by atoms with van der Waals surface area (Å²) < 4.78 is 4.96. The Morgan fingerprint density at radius 1 is 1.82 bits per heavy atom. The molecule has 0 bridgehead atoms. The molecule has 0 saturated heterocycles. The quantitative estimate of drug-likeness (QED) is 0.590. The van der Waals surface area contributed by atoms with E-state index in [1.165, 1.54) is 0 Å². The summed E-state index contributed by atoms with van der Waals surface area (Å²) in [5, 5.41) is 3.73. The second kappa shape index (κ2) is 3.11. The molecule has 0 radical (unpaired) electrons. The highest BCUT2D eigenvalue weighted by Gasteiger charge is 2.03. The van der Waals surface area contributed by atoms with Gasteiger partial charge in [-0.05, 0) is 6.92 Å². The highest BCUT2D eigenvalue weighted by Crippen LogP contribution is 2.12. The van der Waals surface area contributed by atoms with Crippen molar-refractivity contribution in [2.45, 2.75) is 6.92 Å². The van der Waals surface area contributed by atoms with Crippen LogP contribution in [-0.4, -0.2) is 18.7 Å². The van der Waals surface area contributed by atoms with E-state index in [-0.39, 0.29) is 0 Å². The van der Waals surface area contributed by atoms with Gasteiger partial charge in [-0.1, -0.05) is 11.1 Å². The van der Waals surface area contributed by atoms with Crippen molar-refractivity contribution in [3.8, 4) is 12.3 Å². The molecule has 0 N–H and O–H groups in total. The van der Waals surface area contributed by atoms with Crippen molar-refractivity contribution < 1.29 is 4.52 Å².